The fourth-order valence-electron chi connectivity index (χ4n) is 3.13. The highest BCUT2D eigenvalue weighted by Gasteiger charge is 2.26. The number of benzene rings is 3. The fraction of sp³-hybridized carbons (Fsp3) is 0.0909. The number of halogens is 1. The first kappa shape index (κ1) is 18.1. The lowest BCUT2D eigenvalue weighted by Gasteiger charge is -2.27. The third kappa shape index (κ3) is 3.70. The Kier molecular flexibility index (Phi) is 5.00. The molecule has 0 aliphatic carbocycles. The van der Waals surface area contributed by atoms with Crippen molar-refractivity contribution in [2.24, 2.45) is 5.10 Å². The molecule has 3 aromatic rings. The molecule has 4 rings (SSSR count). The first-order chi connectivity index (χ1) is 13.6. The van der Waals surface area contributed by atoms with E-state index >= 15 is 0 Å². The predicted octanol–water partition coefficient (Wildman–Crippen LogP) is 4.04. The summed E-state index contributed by atoms with van der Waals surface area (Å²) in [4.78, 5) is 11.2. The van der Waals surface area contributed by atoms with Gasteiger partial charge in [0, 0.05) is 22.6 Å². The molecule has 0 saturated carbocycles. The zero-order valence-corrected chi connectivity index (χ0v) is 15.5. The Bertz CT molecular complexity index is 1050. The number of anilines is 1. The van der Waals surface area contributed by atoms with Crippen molar-refractivity contribution in [3.05, 3.63) is 94.5 Å². The molecule has 0 radical (unpaired) electrons. The summed E-state index contributed by atoms with van der Waals surface area (Å²) in [5, 5.41) is 15.8. The number of carbonyl (C=O) groups excluding carboxylic acids is 1. The van der Waals surface area contributed by atoms with Gasteiger partial charge in [0.2, 0.25) is 0 Å². The van der Waals surface area contributed by atoms with Crippen LogP contribution in [0.1, 0.15) is 34.0 Å². The number of fused-ring (bicyclic) bond motifs is 1. The zero-order valence-electron chi connectivity index (χ0n) is 14.8. The molecule has 6 heteroatoms. The van der Waals surface area contributed by atoms with Crippen molar-refractivity contribution < 1.29 is 14.6 Å². The van der Waals surface area contributed by atoms with Crippen LogP contribution in [0.25, 0.3) is 0 Å². The molecule has 0 bridgehead atoms. The number of carboxylic acids is 1. The van der Waals surface area contributed by atoms with Crippen LogP contribution in [0.3, 0.4) is 0 Å². The van der Waals surface area contributed by atoms with Crippen LogP contribution >= 0.6 is 11.6 Å². The van der Waals surface area contributed by atoms with E-state index in [1.165, 1.54) is 12.1 Å². The molecular formula is C22H16ClN2O3-. The molecule has 140 valence electrons. The van der Waals surface area contributed by atoms with Gasteiger partial charge >= 0.3 is 0 Å². The molecule has 0 fully saturated rings. The fourth-order valence-corrected chi connectivity index (χ4v) is 3.33. The average molecular weight is 392 g/mol. The highest BCUT2D eigenvalue weighted by molar-refractivity contribution is 6.33. The summed E-state index contributed by atoms with van der Waals surface area (Å²) in [5.74, 6) is -0.573. The van der Waals surface area contributed by atoms with Gasteiger partial charge in [0.15, 0.2) is 0 Å². The molecule has 0 aromatic heterocycles. The summed E-state index contributed by atoms with van der Waals surface area (Å²) in [5.41, 5.74) is 6.15. The third-order valence-electron chi connectivity index (χ3n) is 4.52. The smallest absolute Gasteiger partial charge is 0.129 e. The highest BCUT2D eigenvalue weighted by atomic mass is 35.5. The predicted molar refractivity (Wildman–Crippen MR) is 107 cm³/mol. The minimum Gasteiger partial charge on any atom is -0.545 e. The molecule has 1 aliphatic rings. The second-order valence-corrected chi connectivity index (χ2v) is 6.78. The van der Waals surface area contributed by atoms with Gasteiger partial charge in [0.25, 0.3) is 0 Å². The van der Waals surface area contributed by atoms with Gasteiger partial charge in [0.05, 0.1) is 17.4 Å². The van der Waals surface area contributed by atoms with Crippen LogP contribution in [-0.2, 0) is 0 Å². The number of nitrogens with one attached hydrogen (secondary N) is 1. The summed E-state index contributed by atoms with van der Waals surface area (Å²) >= 11 is 5.89. The van der Waals surface area contributed by atoms with E-state index < -0.39 is 5.97 Å². The molecule has 28 heavy (non-hydrogen) atoms. The molecule has 3 aromatic carbocycles. The number of hydrogen-bond acceptors (Lipinski definition) is 5. The number of hydrazone groups is 1. The van der Waals surface area contributed by atoms with Crippen molar-refractivity contribution in [2.45, 2.75) is 12.5 Å². The van der Waals surface area contributed by atoms with Crippen molar-refractivity contribution in [1.82, 2.24) is 0 Å². The molecular weight excluding hydrogens is 376 g/mol. The second kappa shape index (κ2) is 7.74. The van der Waals surface area contributed by atoms with Crippen LogP contribution in [0.2, 0.25) is 5.02 Å². The molecule has 0 amide bonds. The lowest BCUT2D eigenvalue weighted by Crippen LogP contribution is -2.23. The lowest BCUT2D eigenvalue weighted by molar-refractivity contribution is -0.255. The Morgan fingerprint density at radius 1 is 1.07 bits per heavy atom. The monoisotopic (exact) mass is 391 g/mol. The topological polar surface area (TPSA) is 73.8 Å². The van der Waals surface area contributed by atoms with Crippen LogP contribution < -0.4 is 15.3 Å². The molecule has 0 unspecified atom stereocenters. The molecule has 1 atom stereocenters. The number of aromatic carboxylic acids is 1. The molecule has 1 heterocycles. The Morgan fingerprint density at radius 2 is 1.82 bits per heavy atom. The maximum atomic E-state index is 11.2. The number of carbonyl (C=O) groups is 1. The van der Waals surface area contributed by atoms with Crippen LogP contribution in [-0.4, -0.2) is 11.7 Å². The maximum absolute atomic E-state index is 11.2. The standard InChI is InChI=1S/C22H17ClN2O3/c23-18-11-10-15(12-17(18)22(26)27)24-25-19-13-21(14-6-2-1-3-7-14)28-20-9-5-4-8-16(19)20/h1-12,21,24H,13H2,(H,26,27)/p-1/t21-/m0/s1. The minimum absolute atomic E-state index is 0.0820. The van der Waals surface area contributed by atoms with Crippen molar-refractivity contribution in [3.8, 4) is 5.75 Å². The van der Waals surface area contributed by atoms with E-state index in [2.05, 4.69) is 10.5 Å². The normalized spacial score (nSPS) is 16.9. The Morgan fingerprint density at radius 3 is 2.61 bits per heavy atom. The van der Waals surface area contributed by atoms with Gasteiger partial charge in [-0.3, -0.25) is 5.43 Å². The van der Waals surface area contributed by atoms with Crippen molar-refractivity contribution in [3.63, 3.8) is 0 Å². The van der Waals surface area contributed by atoms with Crippen molar-refractivity contribution in [2.75, 3.05) is 5.43 Å². The molecule has 0 spiro atoms. The van der Waals surface area contributed by atoms with Gasteiger partial charge < -0.3 is 14.6 Å². The maximum Gasteiger partial charge on any atom is 0.129 e. The van der Waals surface area contributed by atoms with Crippen LogP contribution in [0.4, 0.5) is 5.69 Å². The quantitative estimate of drug-likeness (QED) is 0.681. The highest BCUT2D eigenvalue weighted by Crippen LogP contribution is 2.35. The number of rotatable bonds is 4. The summed E-state index contributed by atoms with van der Waals surface area (Å²) < 4.78 is 6.15. The van der Waals surface area contributed by atoms with Gasteiger partial charge in [0.1, 0.15) is 11.9 Å². The first-order valence-electron chi connectivity index (χ1n) is 8.76. The SMILES string of the molecule is O=C([O-])c1cc(NN=C2C[C@@H](c3ccccc3)Oc3ccccc32)ccc1Cl. The Labute approximate surface area is 167 Å². The number of hydrogen-bond donors (Lipinski definition) is 1. The van der Waals surface area contributed by atoms with E-state index in [-0.39, 0.29) is 16.7 Å². The molecule has 1 N–H and O–H groups in total. The molecule has 0 saturated heterocycles. The first-order valence-corrected chi connectivity index (χ1v) is 9.14. The summed E-state index contributed by atoms with van der Waals surface area (Å²) in [6, 6.07) is 22.2. The zero-order chi connectivity index (χ0) is 19.5. The van der Waals surface area contributed by atoms with Crippen LogP contribution in [0.5, 0.6) is 5.75 Å². The lowest BCUT2D eigenvalue weighted by atomic mass is 9.96. The number of ether oxygens (including phenoxy) is 1. The number of nitrogens with zero attached hydrogens (tertiary/aromatic N) is 1. The Balaban J connectivity index is 1.66. The van der Waals surface area contributed by atoms with Gasteiger partial charge in [-0.1, -0.05) is 54.1 Å². The van der Waals surface area contributed by atoms with Crippen LogP contribution in [0, 0.1) is 0 Å². The summed E-state index contributed by atoms with van der Waals surface area (Å²) in [6.45, 7) is 0. The Hall–Kier alpha value is -3.31. The largest absolute Gasteiger partial charge is 0.545 e. The second-order valence-electron chi connectivity index (χ2n) is 6.37. The minimum atomic E-state index is -1.33. The molecule has 5 nitrogen and oxygen atoms in total. The molecule has 1 aliphatic heterocycles. The van der Waals surface area contributed by atoms with Gasteiger partial charge in [-0.15, -0.1) is 0 Å². The third-order valence-corrected chi connectivity index (χ3v) is 4.85. The van der Waals surface area contributed by atoms with E-state index in [0.29, 0.717) is 12.1 Å². The van der Waals surface area contributed by atoms with Gasteiger partial charge in [-0.05, 0) is 35.9 Å². The van der Waals surface area contributed by atoms with E-state index in [4.69, 9.17) is 16.3 Å². The van der Waals surface area contributed by atoms with Crippen molar-refractivity contribution >= 4 is 29.0 Å². The van der Waals surface area contributed by atoms with Gasteiger partial charge in [-0.2, -0.15) is 5.10 Å². The van der Waals surface area contributed by atoms with Gasteiger partial charge in [-0.25, -0.2) is 0 Å². The average Bonchev–Trinajstić information content (AvgIpc) is 2.73. The summed E-state index contributed by atoms with van der Waals surface area (Å²) in [6.07, 6.45) is 0.426. The number of carboxylic acid groups (broad SMARTS) is 1. The number of para-hydroxylation sites is 1. The van der Waals surface area contributed by atoms with Crippen molar-refractivity contribution in [1.29, 1.82) is 0 Å². The van der Waals surface area contributed by atoms with E-state index in [1.54, 1.807) is 6.07 Å². The summed E-state index contributed by atoms with van der Waals surface area (Å²) in [7, 11) is 0. The van der Waals surface area contributed by atoms with E-state index in [0.717, 1.165) is 22.6 Å². The van der Waals surface area contributed by atoms with E-state index in [9.17, 15) is 9.90 Å². The van der Waals surface area contributed by atoms with E-state index in [1.807, 2.05) is 54.6 Å². The van der Waals surface area contributed by atoms with Crippen LogP contribution in [0.15, 0.2) is 77.9 Å².